The zero-order valence-corrected chi connectivity index (χ0v) is 16.2. The number of sulfonamides is 1. The normalized spacial score (nSPS) is 22.5. The number of rotatable bonds is 6. The van der Waals surface area contributed by atoms with Gasteiger partial charge in [-0.15, -0.1) is 0 Å². The van der Waals surface area contributed by atoms with Crippen molar-refractivity contribution in [3.63, 3.8) is 0 Å². The summed E-state index contributed by atoms with van der Waals surface area (Å²) in [5.41, 5.74) is 0.990. The van der Waals surface area contributed by atoms with E-state index in [1.54, 1.807) is 35.2 Å². The van der Waals surface area contributed by atoms with Crippen LogP contribution in [0.5, 0.6) is 0 Å². The molecule has 1 amide bonds. The summed E-state index contributed by atoms with van der Waals surface area (Å²) < 4.78 is 27.0. The van der Waals surface area contributed by atoms with Crippen molar-refractivity contribution in [3.05, 3.63) is 66.2 Å². The summed E-state index contributed by atoms with van der Waals surface area (Å²) in [7, 11) is -2.13. The molecule has 1 N–H and O–H groups in total. The molecule has 1 aliphatic rings. The highest BCUT2D eigenvalue weighted by Crippen LogP contribution is 2.41. The highest BCUT2D eigenvalue weighted by atomic mass is 32.2. The molecule has 0 spiro atoms. The lowest BCUT2D eigenvalue weighted by Gasteiger charge is -2.55. The maximum absolute atomic E-state index is 12.9. The van der Waals surface area contributed by atoms with E-state index in [2.05, 4.69) is 0 Å². The lowest BCUT2D eigenvalue weighted by atomic mass is 9.75. The van der Waals surface area contributed by atoms with Gasteiger partial charge in [-0.3, -0.25) is 4.79 Å². The van der Waals surface area contributed by atoms with Gasteiger partial charge in [0.05, 0.1) is 23.6 Å². The van der Waals surface area contributed by atoms with Crippen LogP contribution in [0, 0.1) is 0 Å². The van der Waals surface area contributed by atoms with Crippen molar-refractivity contribution in [1.29, 1.82) is 0 Å². The number of likely N-dealkylation sites (tertiary alicyclic amines) is 1. The van der Waals surface area contributed by atoms with Crippen LogP contribution in [0.15, 0.2) is 65.6 Å². The third kappa shape index (κ3) is 3.63. The Morgan fingerprint density at radius 1 is 1.04 bits per heavy atom. The Hall–Kier alpha value is -2.22. The van der Waals surface area contributed by atoms with Crippen molar-refractivity contribution in [2.75, 3.05) is 20.2 Å². The fourth-order valence-corrected chi connectivity index (χ4v) is 5.08. The first-order valence-electron chi connectivity index (χ1n) is 8.84. The Morgan fingerprint density at radius 3 is 2.11 bits per heavy atom. The van der Waals surface area contributed by atoms with Crippen molar-refractivity contribution in [1.82, 2.24) is 9.21 Å². The zero-order valence-electron chi connectivity index (χ0n) is 15.4. The summed E-state index contributed by atoms with van der Waals surface area (Å²) in [6.07, 6.45) is 0. The molecule has 0 saturated carbocycles. The molecule has 7 heteroatoms. The molecule has 2 aromatic rings. The van der Waals surface area contributed by atoms with Gasteiger partial charge in [0.1, 0.15) is 0 Å². The molecule has 1 saturated heterocycles. The number of aliphatic hydroxyl groups excluding tert-OH is 1. The summed E-state index contributed by atoms with van der Waals surface area (Å²) in [6, 6.07) is 17.2. The van der Waals surface area contributed by atoms with E-state index < -0.39 is 10.0 Å². The van der Waals surface area contributed by atoms with Gasteiger partial charge in [-0.1, -0.05) is 48.5 Å². The molecule has 144 valence electrons. The van der Waals surface area contributed by atoms with E-state index in [1.165, 1.54) is 18.3 Å². The second-order valence-corrected chi connectivity index (χ2v) is 8.82. The molecule has 0 aromatic heterocycles. The van der Waals surface area contributed by atoms with E-state index in [-0.39, 0.29) is 42.0 Å². The number of carbonyl (C=O) groups is 1. The highest BCUT2D eigenvalue weighted by Gasteiger charge is 2.51. The van der Waals surface area contributed by atoms with E-state index in [0.29, 0.717) is 0 Å². The van der Waals surface area contributed by atoms with Gasteiger partial charge in [0.2, 0.25) is 15.9 Å². The van der Waals surface area contributed by atoms with Crippen molar-refractivity contribution >= 4 is 15.9 Å². The first kappa shape index (κ1) is 19.5. The number of hydrogen-bond acceptors (Lipinski definition) is 4. The molecule has 0 bridgehead atoms. The van der Waals surface area contributed by atoms with Gasteiger partial charge in [0.15, 0.2) is 0 Å². The molecule has 2 aromatic carbocycles. The Morgan fingerprint density at radius 2 is 1.59 bits per heavy atom. The van der Waals surface area contributed by atoms with Gasteiger partial charge in [-0.25, -0.2) is 8.42 Å². The zero-order chi connectivity index (χ0) is 19.6. The molecule has 1 fully saturated rings. The predicted molar refractivity (Wildman–Crippen MR) is 103 cm³/mol. The fraction of sp³-hybridized carbons (Fsp3) is 0.350. The third-order valence-electron chi connectivity index (χ3n) is 5.17. The topological polar surface area (TPSA) is 77.9 Å². The van der Waals surface area contributed by atoms with E-state index in [1.807, 2.05) is 30.3 Å². The van der Waals surface area contributed by atoms with Crippen LogP contribution >= 0.6 is 0 Å². The summed E-state index contributed by atoms with van der Waals surface area (Å²) in [4.78, 5) is 13.9. The number of hydrogen-bond donors (Lipinski definition) is 1. The second-order valence-electron chi connectivity index (χ2n) is 6.78. The number of likely N-dealkylation sites (N-methyl/N-ethyl adjacent to an activating group) is 1. The molecule has 3 atom stereocenters. The standard InChI is InChI=1S/C20H24N2O4S/c1-15(24)22-18(20(19(22)14-23)16-9-5-3-6-10-16)13-21(2)27(25,26)17-11-7-4-8-12-17/h3-12,18-20,23H,13-14H2,1-2H3/t18-,19+,20+/m1/s1. The van der Waals surface area contributed by atoms with Gasteiger partial charge >= 0.3 is 0 Å². The SMILES string of the molecule is CC(=O)N1[C@H](CN(C)S(=O)(=O)c2ccccc2)[C@H](c2ccccc2)[C@@H]1CO. The minimum atomic E-state index is -3.66. The van der Waals surface area contributed by atoms with Crippen molar-refractivity contribution in [2.24, 2.45) is 0 Å². The molecule has 0 radical (unpaired) electrons. The second kappa shape index (κ2) is 7.80. The van der Waals surface area contributed by atoms with E-state index in [4.69, 9.17) is 0 Å². The summed E-state index contributed by atoms with van der Waals surface area (Å²) in [6.45, 7) is 1.44. The van der Waals surface area contributed by atoms with Crippen LogP contribution in [0.2, 0.25) is 0 Å². The summed E-state index contributed by atoms with van der Waals surface area (Å²) >= 11 is 0. The van der Waals surface area contributed by atoms with E-state index in [9.17, 15) is 18.3 Å². The molecular formula is C20H24N2O4S. The van der Waals surface area contributed by atoms with Crippen LogP contribution in [-0.2, 0) is 14.8 Å². The molecule has 6 nitrogen and oxygen atoms in total. The molecule has 0 aliphatic carbocycles. The number of nitrogens with zero attached hydrogens (tertiary/aromatic N) is 2. The molecule has 27 heavy (non-hydrogen) atoms. The first-order chi connectivity index (χ1) is 12.9. The van der Waals surface area contributed by atoms with Gasteiger partial charge in [0.25, 0.3) is 0 Å². The fourth-order valence-electron chi connectivity index (χ4n) is 3.87. The predicted octanol–water partition coefficient (Wildman–Crippen LogP) is 1.68. The Kier molecular flexibility index (Phi) is 5.64. The van der Waals surface area contributed by atoms with Crippen LogP contribution < -0.4 is 0 Å². The monoisotopic (exact) mass is 388 g/mol. The largest absolute Gasteiger partial charge is 0.394 e. The summed E-state index contributed by atoms with van der Waals surface area (Å²) in [5.74, 6) is -0.287. The number of carbonyl (C=O) groups excluding carboxylic acids is 1. The minimum Gasteiger partial charge on any atom is -0.394 e. The lowest BCUT2D eigenvalue weighted by Crippen LogP contribution is -2.68. The number of benzene rings is 2. The van der Waals surface area contributed by atoms with Crippen LogP contribution in [0.25, 0.3) is 0 Å². The quantitative estimate of drug-likeness (QED) is 0.817. The van der Waals surface area contributed by atoms with Gasteiger partial charge in [-0.05, 0) is 17.7 Å². The lowest BCUT2D eigenvalue weighted by molar-refractivity contribution is -0.148. The maximum atomic E-state index is 12.9. The third-order valence-corrected chi connectivity index (χ3v) is 7.01. The average molecular weight is 388 g/mol. The maximum Gasteiger partial charge on any atom is 0.242 e. The van der Waals surface area contributed by atoms with E-state index >= 15 is 0 Å². The molecular weight excluding hydrogens is 364 g/mol. The Labute approximate surface area is 160 Å². The molecule has 0 unspecified atom stereocenters. The average Bonchev–Trinajstić information content (AvgIpc) is 2.65. The van der Waals surface area contributed by atoms with E-state index in [0.717, 1.165) is 5.56 Å². The van der Waals surface area contributed by atoms with Gasteiger partial charge in [0, 0.05) is 26.4 Å². The van der Waals surface area contributed by atoms with Crippen LogP contribution in [0.1, 0.15) is 18.4 Å². The smallest absolute Gasteiger partial charge is 0.242 e. The van der Waals surface area contributed by atoms with Crippen molar-refractivity contribution < 1.29 is 18.3 Å². The number of aliphatic hydroxyl groups is 1. The highest BCUT2D eigenvalue weighted by molar-refractivity contribution is 7.89. The molecule has 1 aliphatic heterocycles. The molecule has 1 heterocycles. The first-order valence-corrected chi connectivity index (χ1v) is 10.3. The Bertz CT molecular complexity index is 887. The summed E-state index contributed by atoms with van der Waals surface area (Å²) in [5, 5.41) is 9.80. The van der Waals surface area contributed by atoms with Gasteiger partial charge in [-0.2, -0.15) is 4.31 Å². The van der Waals surface area contributed by atoms with Crippen LogP contribution in [-0.4, -0.2) is 60.9 Å². The van der Waals surface area contributed by atoms with Crippen LogP contribution in [0.4, 0.5) is 0 Å². The number of amides is 1. The molecule has 3 rings (SSSR count). The minimum absolute atomic E-state index is 0.117. The van der Waals surface area contributed by atoms with Crippen LogP contribution in [0.3, 0.4) is 0 Å². The van der Waals surface area contributed by atoms with Gasteiger partial charge < -0.3 is 10.0 Å². The van der Waals surface area contributed by atoms with Crippen molar-refractivity contribution in [3.8, 4) is 0 Å². The van der Waals surface area contributed by atoms with Crippen molar-refractivity contribution in [2.45, 2.75) is 29.8 Å². The Balaban J connectivity index is 1.89.